The van der Waals surface area contributed by atoms with Crippen molar-refractivity contribution in [2.24, 2.45) is 0 Å². The number of nitrogens with one attached hydrogen (secondary N) is 1. The molecule has 0 aliphatic carbocycles. The van der Waals surface area contributed by atoms with Crippen molar-refractivity contribution in [2.75, 3.05) is 0 Å². The minimum absolute atomic E-state index is 0.156. The molecule has 0 aliphatic rings. The number of rotatable bonds is 2. The van der Waals surface area contributed by atoms with Crippen molar-refractivity contribution in [3.8, 4) is 22.3 Å². The number of thiophene rings is 1. The van der Waals surface area contributed by atoms with Gasteiger partial charge in [-0.3, -0.25) is 0 Å². The van der Waals surface area contributed by atoms with Crippen LogP contribution in [-0.4, -0.2) is 9.97 Å². The molecule has 0 aliphatic heterocycles. The summed E-state index contributed by atoms with van der Waals surface area (Å²) in [6.07, 6.45) is 1.57. The van der Waals surface area contributed by atoms with Crippen LogP contribution in [0.1, 0.15) is 0 Å². The summed E-state index contributed by atoms with van der Waals surface area (Å²) in [5.74, 6) is -1.74. The van der Waals surface area contributed by atoms with E-state index in [1.54, 1.807) is 36.0 Å². The van der Waals surface area contributed by atoms with Gasteiger partial charge in [-0.15, -0.1) is 0 Å². The molecule has 1 radical (unpaired) electrons. The average molecular weight is 311 g/mol. The lowest BCUT2D eigenvalue weighted by Gasteiger charge is -2.07. The lowest BCUT2D eigenvalue weighted by Crippen LogP contribution is -1.93. The number of nitrogens with zero attached hydrogens (tertiary/aromatic N) is 1. The quantitative estimate of drug-likeness (QED) is 0.552. The summed E-state index contributed by atoms with van der Waals surface area (Å²) in [5, 5.41) is 3.59. The smallest absolute Gasteiger partial charge is 0.167 e. The highest BCUT2D eigenvalue weighted by molar-refractivity contribution is 7.08. The molecule has 5 heteroatoms. The highest BCUT2D eigenvalue weighted by atomic mass is 32.1. The van der Waals surface area contributed by atoms with Crippen molar-refractivity contribution >= 4 is 22.4 Å². The number of halogens is 2. The highest BCUT2D eigenvalue weighted by Crippen LogP contribution is 2.32. The molecule has 2 aromatic heterocycles. The molecule has 0 amide bonds. The molecule has 0 spiro atoms. The molecule has 107 valence electrons. The highest BCUT2D eigenvalue weighted by Gasteiger charge is 2.16. The van der Waals surface area contributed by atoms with Crippen molar-refractivity contribution in [3.63, 3.8) is 0 Å². The second-order valence-electron chi connectivity index (χ2n) is 4.85. The standard InChI is InChI=1S/C17H9F2N2S/c18-16-12(10-1-4-14-15(7-10)21-9-20-14)2-3-13(17(16)19)11-5-6-22-8-11/h1-2,4-9H,(H,20,21). The number of aromatic amines is 1. The summed E-state index contributed by atoms with van der Waals surface area (Å²) in [7, 11) is 0. The number of benzene rings is 2. The van der Waals surface area contributed by atoms with E-state index in [0.29, 0.717) is 16.6 Å². The van der Waals surface area contributed by atoms with Crippen LogP contribution in [0, 0.1) is 17.7 Å². The van der Waals surface area contributed by atoms with E-state index in [1.165, 1.54) is 17.4 Å². The van der Waals surface area contributed by atoms with Gasteiger partial charge in [0.2, 0.25) is 0 Å². The van der Waals surface area contributed by atoms with E-state index in [4.69, 9.17) is 0 Å². The summed E-state index contributed by atoms with van der Waals surface area (Å²) in [6.45, 7) is 0. The molecule has 2 aromatic carbocycles. The Balaban J connectivity index is 1.87. The average Bonchev–Trinajstić information content (AvgIpc) is 3.20. The van der Waals surface area contributed by atoms with Crippen LogP contribution in [0.5, 0.6) is 0 Å². The fourth-order valence-electron chi connectivity index (χ4n) is 2.43. The first-order valence-electron chi connectivity index (χ1n) is 6.60. The zero-order valence-corrected chi connectivity index (χ0v) is 12.0. The van der Waals surface area contributed by atoms with E-state index >= 15 is 0 Å². The predicted molar refractivity (Wildman–Crippen MR) is 83.6 cm³/mol. The Labute approximate surface area is 129 Å². The molecule has 22 heavy (non-hydrogen) atoms. The summed E-state index contributed by atoms with van der Waals surface area (Å²) in [6, 6.07) is 11.3. The van der Waals surface area contributed by atoms with Gasteiger partial charge in [-0.2, -0.15) is 11.3 Å². The Morgan fingerprint density at radius 1 is 1.09 bits per heavy atom. The third kappa shape index (κ3) is 2.02. The molecule has 4 rings (SSSR count). The maximum Gasteiger partial charge on any atom is 0.167 e. The first-order valence-corrected chi connectivity index (χ1v) is 7.54. The Hall–Kier alpha value is -2.53. The number of H-pyrrole nitrogens is 1. The third-order valence-corrected chi connectivity index (χ3v) is 4.24. The number of aromatic nitrogens is 2. The molecule has 0 unspecified atom stereocenters. The first-order chi connectivity index (χ1) is 10.7. The topological polar surface area (TPSA) is 28.7 Å². The van der Waals surface area contributed by atoms with Gasteiger partial charge in [-0.1, -0.05) is 6.07 Å². The number of fused-ring (bicyclic) bond motifs is 1. The van der Waals surface area contributed by atoms with Crippen LogP contribution in [0.3, 0.4) is 0 Å². The second kappa shape index (κ2) is 5.03. The number of hydrogen-bond donors (Lipinski definition) is 1. The zero-order chi connectivity index (χ0) is 15.1. The van der Waals surface area contributed by atoms with Gasteiger partial charge in [-0.05, 0) is 52.2 Å². The van der Waals surface area contributed by atoms with Crippen LogP contribution < -0.4 is 0 Å². The lowest BCUT2D eigenvalue weighted by molar-refractivity contribution is 0.513. The Kier molecular flexibility index (Phi) is 3.01. The molecule has 0 saturated carbocycles. The normalized spacial score (nSPS) is 11.2. The van der Waals surface area contributed by atoms with E-state index in [1.807, 2.05) is 5.38 Å². The van der Waals surface area contributed by atoms with Crippen LogP contribution in [0.4, 0.5) is 8.78 Å². The van der Waals surface area contributed by atoms with Gasteiger partial charge in [0, 0.05) is 11.1 Å². The van der Waals surface area contributed by atoms with Crippen LogP contribution in [-0.2, 0) is 0 Å². The van der Waals surface area contributed by atoms with Gasteiger partial charge in [0.1, 0.15) is 0 Å². The van der Waals surface area contributed by atoms with E-state index < -0.39 is 11.6 Å². The van der Waals surface area contributed by atoms with Crippen LogP contribution >= 0.6 is 11.3 Å². The maximum absolute atomic E-state index is 14.4. The molecule has 0 fully saturated rings. The van der Waals surface area contributed by atoms with Crippen LogP contribution in [0.25, 0.3) is 33.3 Å². The third-order valence-electron chi connectivity index (χ3n) is 3.55. The monoisotopic (exact) mass is 311 g/mol. The van der Waals surface area contributed by atoms with E-state index in [9.17, 15) is 8.78 Å². The predicted octanol–water partition coefficient (Wildman–Crippen LogP) is 5.04. The molecule has 0 saturated heterocycles. The van der Waals surface area contributed by atoms with Gasteiger partial charge >= 0.3 is 0 Å². The SMILES string of the molecule is Fc1c(-c2ccsc2)[c]cc(-c2ccc3[nH]cnc3c2)c1F. The van der Waals surface area contributed by atoms with E-state index in [0.717, 1.165) is 5.52 Å². The minimum atomic E-state index is -0.877. The van der Waals surface area contributed by atoms with Gasteiger partial charge < -0.3 is 4.98 Å². The number of imidazole rings is 1. The fraction of sp³-hybridized carbons (Fsp3) is 0. The largest absolute Gasteiger partial charge is 0.345 e. The molecule has 2 nitrogen and oxygen atoms in total. The van der Waals surface area contributed by atoms with Crippen molar-refractivity contribution in [3.05, 3.63) is 65.1 Å². The van der Waals surface area contributed by atoms with Crippen molar-refractivity contribution < 1.29 is 8.78 Å². The summed E-state index contributed by atoms with van der Waals surface area (Å²) < 4.78 is 28.8. The Morgan fingerprint density at radius 3 is 2.82 bits per heavy atom. The Bertz CT molecular complexity index is 958. The molecule has 2 heterocycles. The molecule has 0 atom stereocenters. The van der Waals surface area contributed by atoms with Crippen molar-refractivity contribution in [1.29, 1.82) is 0 Å². The summed E-state index contributed by atoms with van der Waals surface area (Å²) >= 11 is 1.43. The first kappa shape index (κ1) is 13.2. The molecular weight excluding hydrogens is 302 g/mol. The maximum atomic E-state index is 14.4. The van der Waals surface area contributed by atoms with Crippen LogP contribution in [0.2, 0.25) is 0 Å². The molecule has 1 N–H and O–H groups in total. The van der Waals surface area contributed by atoms with Crippen molar-refractivity contribution in [2.45, 2.75) is 0 Å². The van der Waals surface area contributed by atoms with E-state index in [2.05, 4.69) is 16.0 Å². The molecule has 4 aromatic rings. The Morgan fingerprint density at radius 2 is 2.00 bits per heavy atom. The van der Waals surface area contributed by atoms with Crippen LogP contribution in [0.15, 0.2) is 47.4 Å². The minimum Gasteiger partial charge on any atom is -0.345 e. The zero-order valence-electron chi connectivity index (χ0n) is 11.2. The number of hydrogen-bond acceptors (Lipinski definition) is 2. The van der Waals surface area contributed by atoms with Gasteiger partial charge in [0.25, 0.3) is 0 Å². The lowest BCUT2D eigenvalue weighted by atomic mass is 10.00. The second-order valence-corrected chi connectivity index (χ2v) is 5.63. The van der Waals surface area contributed by atoms with Crippen molar-refractivity contribution in [1.82, 2.24) is 9.97 Å². The van der Waals surface area contributed by atoms with E-state index in [-0.39, 0.29) is 11.1 Å². The molecule has 0 bridgehead atoms. The van der Waals surface area contributed by atoms with Gasteiger partial charge in [0.05, 0.1) is 17.4 Å². The summed E-state index contributed by atoms with van der Waals surface area (Å²) in [4.78, 5) is 7.10. The summed E-state index contributed by atoms with van der Waals surface area (Å²) in [5.41, 5.74) is 3.10. The fourth-order valence-corrected chi connectivity index (χ4v) is 3.07. The van der Waals surface area contributed by atoms with Gasteiger partial charge in [0.15, 0.2) is 11.6 Å². The molecular formula is C17H9F2N2S. The van der Waals surface area contributed by atoms with Gasteiger partial charge in [-0.25, -0.2) is 13.8 Å².